The molecule has 136 valence electrons. The molecule has 1 aliphatic rings. The van der Waals surface area contributed by atoms with E-state index in [9.17, 15) is 5.26 Å². The Bertz CT molecular complexity index is 1140. The first-order valence-corrected chi connectivity index (χ1v) is 9.44. The minimum absolute atomic E-state index is 0.0960. The Morgan fingerprint density at radius 2 is 1.50 bits per heavy atom. The first-order chi connectivity index (χ1) is 13.6. The van der Waals surface area contributed by atoms with Gasteiger partial charge < -0.3 is 0 Å². The third-order valence-corrected chi connectivity index (χ3v) is 5.29. The highest BCUT2D eigenvalue weighted by Crippen LogP contribution is 2.35. The molecule has 2 aromatic carbocycles. The van der Waals surface area contributed by atoms with E-state index in [4.69, 9.17) is 10.5 Å². The number of fused-ring (bicyclic) bond motifs is 1. The van der Waals surface area contributed by atoms with Crippen molar-refractivity contribution in [1.82, 2.24) is 5.10 Å². The second-order valence-corrected chi connectivity index (χ2v) is 7.24. The number of allylic oxidation sites excluding steroid dienone is 1. The quantitative estimate of drug-likeness (QED) is 0.424. The van der Waals surface area contributed by atoms with Crippen LogP contribution in [0.25, 0.3) is 28.2 Å². The van der Waals surface area contributed by atoms with Crippen molar-refractivity contribution >= 4 is 11.6 Å². The molecular weight excluding hydrogens is 344 g/mol. The van der Waals surface area contributed by atoms with Gasteiger partial charge in [-0.2, -0.15) is 5.26 Å². The molecule has 0 amide bonds. The van der Waals surface area contributed by atoms with Gasteiger partial charge in [-0.15, -0.1) is 0 Å². The number of rotatable bonds is 3. The fraction of sp³-hybridized carbons (Fsp3) is 0.208. The lowest BCUT2D eigenvalue weighted by molar-refractivity contribution is -0.629. The van der Waals surface area contributed by atoms with Crippen LogP contribution in [-0.2, 0) is 12.8 Å². The van der Waals surface area contributed by atoms with Crippen molar-refractivity contribution in [2.75, 3.05) is 0 Å². The molecule has 3 aromatic rings. The lowest BCUT2D eigenvalue weighted by Gasteiger charge is -2.11. The van der Waals surface area contributed by atoms with Crippen LogP contribution in [0.5, 0.6) is 0 Å². The summed E-state index contributed by atoms with van der Waals surface area (Å²) in [4.78, 5) is 0. The van der Waals surface area contributed by atoms with E-state index in [1.807, 2.05) is 0 Å². The van der Waals surface area contributed by atoms with Crippen molar-refractivity contribution in [3.8, 4) is 28.6 Å². The van der Waals surface area contributed by atoms with E-state index in [1.54, 1.807) is 4.68 Å². The fourth-order valence-electron chi connectivity index (χ4n) is 3.85. The maximum Gasteiger partial charge on any atom is 0.377 e. The molecule has 0 saturated heterocycles. The van der Waals surface area contributed by atoms with Crippen molar-refractivity contribution in [2.24, 2.45) is 0 Å². The minimum Gasteiger partial charge on any atom is -0.252 e. The molecule has 4 rings (SSSR count). The van der Waals surface area contributed by atoms with Crippen molar-refractivity contribution in [3.05, 3.63) is 70.8 Å². The minimum atomic E-state index is 0.0960. The summed E-state index contributed by atoms with van der Waals surface area (Å²) >= 11 is 0. The molecule has 0 fully saturated rings. The largest absolute Gasteiger partial charge is 0.377 e. The van der Waals surface area contributed by atoms with Gasteiger partial charge in [0, 0.05) is 21.8 Å². The van der Waals surface area contributed by atoms with Gasteiger partial charge in [0.25, 0.3) is 5.69 Å². The molecule has 4 nitrogen and oxygen atoms in total. The van der Waals surface area contributed by atoms with E-state index < -0.39 is 0 Å². The van der Waals surface area contributed by atoms with Gasteiger partial charge in [0.15, 0.2) is 6.07 Å². The Hall–Kier alpha value is -3.54. The first kappa shape index (κ1) is 17.9. The predicted octanol–water partition coefficient (Wildman–Crippen LogP) is 4.42. The average molecular weight is 365 g/mol. The van der Waals surface area contributed by atoms with Crippen LogP contribution in [0.4, 0.5) is 0 Å². The van der Waals surface area contributed by atoms with Crippen LogP contribution in [0.3, 0.4) is 0 Å². The van der Waals surface area contributed by atoms with Crippen molar-refractivity contribution in [1.29, 1.82) is 10.7 Å². The van der Waals surface area contributed by atoms with Gasteiger partial charge in [-0.05, 0) is 55.5 Å². The van der Waals surface area contributed by atoms with Crippen LogP contribution in [-0.4, -0.2) is 11.0 Å². The molecule has 0 saturated carbocycles. The van der Waals surface area contributed by atoms with E-state index in [2.05, 4.69) is 74.3 Å². The number of nitriles is 1. The Morgan fingerprint density at radius 1 is 0.929 bits per heavy atom. The summed E-state index contributed by atoms with van der Waals surface area (Å²) in [7, 11) is 0. The highest BCUT2D eigenvalue weighted by molar-refractivity contribution is 5.82. The molecule has 1 N–H and O–H groups in total. The zero-order valence-corrected chi connectivity index (χ0v) is 16.1. The molecule has 4 heteroatoms. The number of nitrogens with zero attached hydrogens (tertiary/aromatic N) is 3. The summed E-state index contributed by atoms with van der Waals surface area (Å²) in [5, 5.41) is 22.1. The van der Waals surface area contributed by atoms with Crippen LogP contribution < -0.4 is 4.68 Å². The van der Waals surface area contributed by atoms with Gasteiger partial charge >= 0.3 is 5.70 Å². The van der Waals surface area contributed by atoms with Gasteiger partial charge in [0.05, 0.1) is 5.87 Å². The molecule has 1 aliphatic carbocycles. The highest BCUT2D eigenvalue weighted by Gasteiger charge is 2.33. The van der Waals surface area contributed by atoms with E-state index in [0.29, 0.717) is 0 Å². The Balaban J connectivity index is 2.05. The standard InChI is InChI=1S/C24H21N4/c1-16-6-10-18(11-7-16)23-21-4-3-5-22(21)24(19-12-8-17(2)9-13-19)28(27-23)20(14-25)15-26/h6-13,25H,3-5H2,1-2H3/q+1. The molecule has 1 aromatic heterocycles. The van der Waals surface area contributed by atoms with Crippen molar-refractivity contribution in [2.45, 2.75) is 33.1 Å². The normalized spacial score (nSPS) is 12.2. The molecule has 28 heavy (non-hydrogen) atoms. The predicted molar refractivity (Wildman–Crippen MR) is 110 cm³/mol. The third kappa shape index (κ3) is 3.03. The number of aromatic nitrogens is 2. The van der Waals surface area contributed by atoms with E-state index >= 15 is 0 Å². The summed E-state index contributed by atoms with van der Waals surface area (Å²) in [5.74, 6) is 2.27. The summed E-state index contributed by atoms with van der Waals surface area (Å²) in [5.41, 5.74) is 8.78. The smallest absolute Gasteiger partial charge is 0.252 e. The molecule has 0 radical (unpaired) electrons. The summed E-state index contributed by atoms with van der Waals surface area (Å²) in [6, 6.07) is 18.6. The second-order valence-electron chi connectivity index (χ2n) is 7.24. The summed E-state index contributed by atoms with van der Waals surface area (Å²) in [6.07, 6.45) is 2.98. The number of hydrogen-bond acceptors (Lipinski definition) is 3. The first-order valence-electron chi connectivity index (χ1n) is 9.44. The summed E-state index contributed by atoms with van der Waals surface area (Å²) < 4.78 is 1.61. The Labute approximate surface area is 164 Å². The van der Waals surface area contributed by atoms with Crippen LogP contribution in [0, 0.1) is 30.6 Å². The molecule has 0 bridgehead atoms. The highest BCUT2D eigenvalue weighted by atomic mass is 15.3. The molecule has 0 atom stereocenters. The number of hydrogen-bond donors (Lipinski definition) is 1. The average Bonchev–Trinajstić information content (AvgIpc) is 3.19. The topological polar surface area (TPSA) is 64.4 Å². The van der Waals surface area contributed by atoms with Gasteiger partial charge in [0.2, 0.25) is 0 Å². The van der Waals surface area contributed by atoms with E-state index in [1.165, 1.54) is 22.3 Å². The van der Waals surface area contributed by atoms with E-state index in [-0.39, 0.29) is 5.70 Å². The zero-order valence-electron chi connectivity index (χ0n) is 16.1. The van der Waals surface area contributed by atoms with E-state index in [0.717, 1.165) is 41.8 Å². The van der Waals surface area contributed by atoms with Crippen LogP contribution in [0.1, 0.15) is 28.7 Å². The third-order valence-electron chi connectivity index (χ3n) is 5.29. The molecule has 1 heterocycles. The number of nitrogens with one attached hydrogen (secondary N) is 1. The Morgan fingerprint density at radius 3 is 2.07 bits per heavy atom. The Kier molecular flexibility index (Phi) is 4.61. The molecule has 0 aliphatic heterocycles. The van der Waals surface area contributed by atoms with Crippen LogP contribution in [0.2, 0.25) is 0 Å². The van der Waals surface area contributed by atoms with Gasteiger partial charge in [-0.1, -0.05) is 47.5 Å². The van der Waals surface area contributed by atoms with Gasteiger partial charge in [-0.25, -0.2) is 0 Å². The lowest BCUT2D eigenvalue weighted by atomic mass is 9.97. The second kappa shape index (κ2) is 7.23. The van der Waals surface area contributed by atoms with Crippen LogP contribution >= 0.6 is 0 Å². The van der Waals surface area contributed by atoms with Gasteiger partial charge in [0.1, 0.15) is 5.69 Å². The molecular formula is C24H21N4+. The monoisotopic (exact) mass is 365 g/mol. The maximum atomic E-state index is 9.61. The van der Waals surface area contributed by atoms with Crippen molar-refractivity contribution < 1.29 is 4.68 Å². The van der Waals surface area contributed by atoms with Crippen LogP contribution in [0.15, 0.2) is 48.5 Å². The number of aryl methyl sites for hydroxylation is 2. The molecule has 0 spiro atoms. The lowest BCUT2D eigenvalue weighted by Crippen LogP contribution is -2.41. The summed E-state index contributed by atoms with van der Waals surface area (Å²) in [6.45, 7) is 4.12. The zero-order chi connectivity index (χ0) is 19.7. The SMILES string of the molecule is Cc1ccc(-c2n[n+](C(=C=N)C#N)c(-c3ccc(C)cc3)c3c2CCC3)cc1. The molecule has 0 unspecified atom stereocenters. The fourth-order valence-corrected chi connectivity index (χ4v) is 3.85. The van der Waals surface area contributed by atoms with Crippen molar-refractivity contribution in [3.63, 3.8) is 0 Å². The van der Waals surface area contributed by atoms with Gasteiger partial charge in [-0.3, -0.25) is 5.41 Å². The number of benzene rings is 2. The maximum absolute atomic E-state index is 9.61.